The Kier molecular flexibility index (Phi) is 5.59. The molecule has 0 bridgehead atoms. The zero-order chi connectivity index (χ0) is 12.7. The van der Waals surface area contributed by atoms with E-state index >= 15 is 0 Å². The van der Waals surface area contributed by atoms with Crippen LogP contribution in [0.3, 0.4) is 0 Å². The molecule has 4 nitrogen and oxygen atoms in total. The lowest BCUT2D eigenvalue weighted by atomic mass is 10.2. The van der Waals surface area contributed by atoms with Gasteiger partial charge >= 0.3 is 0 Å². The molecular formula is C12H17FN2O2. The van der Waals surface area contributed by atoms with Gasteiger partial charge in [0.1, 0.15) is 5.82 Å². The van der Waals surface area contributed by atoms with E-state index in [1.54, 1.807) is 20.1 Å². The summed E-state index contributed by atoms with van der Waals surface area (Å²) in [5.41, 5.74) is 1.24. The average Bonchev–Trinajstić information content (AvgIpc) is 2.23. The van der Waals surface area contributed by atoms with E-state index in [9.17, 15) is 9.18 Å². The van der Waals surface area contributed by atoms with E-state index in [2.05, 4.69) is 10.6 Å². The van der Waals surface area contributed by atoms with Crippen molar-refractivity contribution in [1.82, 2.24) is 5.32 Å². The maximum Gasteiger partial charge on any atom is 0.238 e. The van der Waals surface area contributed by atoms with Crippen LogP contribution in [0.4, 0.5) is 10.1 Å². The highest BCUT2D eigenvalue weighted by Gasteiger charge is 2.03. The highest BCUT2D eigenvalue weighted by molar-refractivity contribution is 5.92. The summed E-state index contributed by atoms with van der Waals surface area (Å²) in [7, 11) is 1.59. The van der Waals surface area contributed by atoms with Crippen molar-refractivity contribution in [3.05, 3.63) is 29.6 Å². The number of hydrogen-bond donors (Lipinski definition) is 2. The van der Waals surface area contributed by atoms with E-state index in [0.29, 0.717) is 18.8 Å². The van der Waals surface area contributed by atoms with Gasteiger partial charge in [0.2, 0.25) is 5.91 Å². The molecule has 0 saturated carbocycles. The summed E-state index contributed by atoms with van der Waals surface area (Å²) in [6, 6.07) is 4.42. The molecule has 0 radical (unpaired) electrons. The zero-order valence-corrected chi connectivity index (χ0v) is 10.0. The predicted molar refractivity (Wildman–Crippen MR) is 64.5 cm³/mol. The maximum atomic E-state index is 13.0. The molecule has 5 heteroatoms. The Morgan fingerprint density at radius 2 is 2.18 bits per heavy atom. The maximum absolute atomic E-state index is 13.0. The fraction of sp³-hybridized carbons (Fsp3) is 0.417. The number of aryl methyl sites for hydroxylation is 1. The molecule has 0 aromatic heterocycles. The monoisotopic (exact) mass is 240 g/mol. The van der Waals surface area contributed by atoms with Crippen LogP contribution in [0.15, 0.2) is 18.2 Å². The minimum Gasteiger partial charge on any atom is -0.383 e. The van der Waals surface area contributed by atoms with Crippen molar-refractivity contribution in [2.45, 2.75) is 6.92 Å². The first-order valence-electron chi connectivity index (χ1n) is 5.38. The molecule has 0 fully saturated rings. The second-order valence-electron chi connectivity index (χ2n) is 3.74. The molecule has 0 aliphatic carbocycles. The number of nitrogens with one attached hydrogen (secondary N) is 2. The lowest BCUT2D eigenvalue weighted by Crippen LogP contribution is -2.30. The van der Waals surface area contributed by atoms with Crippen molar-refractivity contribution in [3.8, 4) is 0 Å². The Labute approximate surface area is 100 Å². The highest BCUT2D eigenvalue weighted by Crippen LogP contribution is 2.12. The normalized spacial score (nSPS) is 10.3. The molecule has 1 amide bonds. The molecular weight excluding hydrogens is 223 g/mol. The van der Waals surface area contributed by atoms with Crippen molar-refractivity contribution >= 4 is 11.6 Å². The number of anilines is 1. The van der Waals surface area contributed by atoms with Crippen LogP contribution >= 0.6 is 0 Å². The molecule has 2 N–H and O–H groups in total. The van der Waals surface area contributed by atoms with Crippen LogP contribution < -0.4 is 10.6 Å². The SMILES string of the molecule is COCCNCC(=O)Nc1cc(C)cc(F)c1. The molecule has 1 aromatic rings. The molecule has 0 saturated heterocycles. The predicted octanol–water partition coefficient (Wildman–Crippen LogP) is 1.31. The molecule has 0 unspecified atom stereocenters. The van der Waals surface area contributed by atoms with Crippen molar-refractivity contribution in [3.63, 3.8) is 0 Å². The summed E-state index contributed by atoms with van der Waals surface area (Å²) >= 11 is 0. The minimum absolute atomic E-state index is 0.179. The van der Waals surface area contributed by atoms with Gasteiger partial charge < -0.3 is 15.4 Å². The third kappa shape index (κ3) is 5.42. The number of hydrogen-bond acceptors (Lipinski definition) is 3. The number of halogens is 1. The highest BCUT2D eigenvalue weighted by atomic mass is 19.1. The van der Waals surface area contributed by atoms with Gasteiger partial charge in [0.05, 0.1) is 13.2 Å². The Balaban J connectivity index is 2.39. The largest absolute Gasteiger partial charge is 0.383 e. The first kappa shape index (κ1) is 13.6. The molecule has 94 valence electrons. The first-order valence-corrected chi connectivity index (χ1v) is 5.38. The molecule has 0 atom stereocenters. The fourth-order valence-corrected chi connectivity index (χ4v) is 1.39. The van der Waals surface area contributed by atoms with Crippen LogP contribution in [0.2, 0.25) is 0 Å². The second kappa shape index (κ2) is 6.98. The van der Waals surface area contributed by atoms with Crippen LogP contribution in [-0.2, 0) is 9.53 Å². The zero-order valence-electron chi connectivity index (χ0n) is 10.0. The van der Waals surface area contributed by atoms with Crippen LogP contribution in [0, 0.1) is 12.7 Å². The van der Waals surface area contributed by atoms with Crippen molar-refractivity contribution in [1.29, 1.82) is 0 Å². The third-order valence-electron chi connectivity index (χ3n) is 2.09. The van der Waals surface area contributed by atoms with Crippen molar-refractivity contribution in [2.75, 3.05) is 32.1 Å². The molecule has 17 heavy (non-hydrogen) atoms. The smallest absolute Gasteiger partial charge is 0.238 e. The summed E-state index contributed by atoms with van der Waals surface area (Å²) in [5.74, 6) is -0.557. The van der Waals surface area contributed by atoms with E-state index in [1.165, 1.54) is 12.1 Å². The van der Waals surface area contributed by atoms with Gasteiger partial charge in [0.15, 0.2) is 0 Å². The quantitative estimate of drug-likeness (QED) is 0.737. The van der Waals surface area contributed by atoms with Crippen LogP contribution in [0.5, 0.6) is 0 Å². The van der Waals surface area contributed by atoms with Gasteiger partial charge in [-0.2, -0.15) is 0 Å². The van der Waals surface area contributed by atoms with E-state index in [-0.39, 0.29) is 18.3 Å². The Bertz CT molecular complexity index is 363. The van der Waals surface area contributed by atoms with E-state index in [0.717, 1.165) is 5.56 Å². The summed E-state index contributed by atoms with van der Waals surface area (Å²) in [6.45, 7) is 3.10. The number of carbonyl (C=O) groups excluding carboxylic acids is 1. The van der Waals surface area contributed by atoms with Gasteiger partial charge in [-0.25, -0.2) is 4.39 Å². The molecule has 1 aromatic carbocycles. The first-order chi connectivity index (χ1) is 8.11. The van der Waals surface area contributed by atoms with E-state index in [4.69, 9.17) is 4.74 Å². The summed E-state index contributed by atoms with van der Waals surface area (Å²) in [4.78, 5) is 11.5. The summed E-state index contributed by atoms with van der Waals surface area (Å²) in [5, 5.41) is 5.52. The van der Waals surface area contributed by atoms with E-state index < -0.39 is 0 Å². The number of ether oxygens (including phenoxy) is 1. The summed E-state index contributed by atoms with van der Waals surface area (Å²) < 4.78 is 17.9. The number of rotatable bonds is 6. The third-order valence-corrected chi connectivity index (χ3v) is 2.09. The van der Waals surface area contributed by atoms with Crippen LogP contribution in [0.25, 0.3) is 0 Å². The second-order valence-corrected chi connectivity index (χ2v) is 3.74. The lowest BCUT2D eigenvalue weighted by Gasteiger charge is -2.07. The van der Waals surface area contributed by atoms with Gasteiger partial charge in [0, 0.05) is 19.3 Å². The summed E-state index contributed by atoms with van der Waals surface area (Å²) in [6.07, 6.45) is 0. The number of benzene rings is 1. The minimum atomic E-state index is -0.354. The van der Waals surface area contributed by atoms with E-state index in [1.807, 2.05) is 0 Å². The number of methoxy groups -OCH3 is 1. The molecule has 0 heterocycles. The molecule has 0 spiro atoms. The van der Waals surface area contributed by atoms with Crippen molar-refractivity contribution in [2.24, 2.45) is 0 Å². The molecule has 0 aliphatic heterocycles. The van der Waals surface area contributed by atoms with Crippen LogP contribution in [-0.4, -0.2) is 32.7 Å². The van der Waals surface area contributed by atoms with Crippen molar-refractivity contribution < 1.29 is 13.9 Å². The van der Waals surface area contributed by atoms with Gasteiger partial charge in [0.25, 0.3) is 0 Å². The average molecular weight is 240 g/mol. The number of carbonyl (C=O) groups is 1. The topological polar surface area (TPSA) is 50.4 Å². The Morgan fingerprint density at radius 3 is 2.82 bits per heavy atom. The molecule has 0 aliphatic rings. The fourth-order valence-electron chi connectivity index (χ4n) is 1.39. The lowest BCUT2D eigenvalue weighted by molar-refractivity contribution is -0.115. The van der Waals surface area contributed by atoms with Gasteiger partial charge in [-0.3, -0.25) is 4.79 Å². The Hall–Kier alpha value is -1.46. The van der Waals surface area contributed by atoms with Gasteiger partial charge in [-0.15, -0.1) is 0 Å². The Morgan fingerprint density at radius 1 is 1.41 bits per heavy atom. The van der Waals surface area contributed by atoms with Gasteiger partial charge in [-0.1, -0.05) is 0 Å². The van der Waals surface area contributed by atoms with Gasteiger partial charge in [-0.05, 0) is 30.7 Å². The standard InChI is InChI=1S/C12H17FN2O2/c1-9-5-10(13)7-11(6-9)15-12(16)8-14-3-4-17-2/h5-7,14H,3-4,8H2,1-2H3,(H,15,16). The van der Waals surface area contributed by atoms with Crippen LogP contribution in [0.1, 0.15) is 5.56 Å². The number of amides is 1. The molecule has 1 rings (SSSR count).